The Bertz CT molecular complexity index is 588. The quantitative estimate of drug-likeness (QED) is 0.791. The molecule has 1 aromatic rings. The molecule has 2 aliphatic heterocycles. The van der Waals surface area contributed by atoms with Gasteiger partial charge in [-0.1, -0.05) is 6.92 Å². The normalized spacial score (nSPS) is 19.4. The van der Waals surface area contributed by atoms with Gasteiger partial charge in [-0.05, 0) is 43.0 Å². The van der Waals surface area contributed by atoms with Gasteiger partial charge in [-0.2, -0.15) is 0 Å². The average molecular weight is 358 g/mol. The third-order valence-corrected chi connectivity index (χ3v) is 5.51. The molecule has 3 rings (SSSR count). The number of piperazine rings is 1. The van der Waals surface area contributed by atoms with Crippen molar-refractivity contribution in [1.82, 2.24) is 9.80 Å². The number of benzene rings is 1. The third kappa shape index (κ3) is 5.21. The lowest BCUT2D eigenvalue weighted by molar-refractivity contribution is -0.120. The molecule has 2 fully saturated rings. The summed E-state index contributed by atoms with van der Waals surface area (Å²) in [4.78, 5) is 29.3. The number of rotatable bonds is 6. The highest BCUT2D eigenvalue weighted by atomic mass is 16.1. The van der Waals surface area contributed by atoms with E-state index >= 15 is 0 Å². The second kappa shape index (κ2) is 9.03. The maximum atomic E-state index is 12.2. The summed E-state index contributed by atoms with van der Waals surface area (Å²) in [5.41, 5.74) is 2.10. The highest BCUT2D eigenvalue weighted by Gasteiger charge is 2.17. The summed E-state index contributed by atoms with van der Waals surface area (Å²) in [5, 5.41) is 2.99. The van der Waals surface area contributed by atoms with Crippen molar-refractivity contribution in [2.24, 2.45) is 5.92 Å². The highest BCUT2D eigenvalue weighted by molar-refractivity contribution is 5.91. The number of amides is 2. The molecule has 6 heteroatoms. The Morgan fingerprint density at radius 3 is 2.35 bits per heavy atom. The number of nitrogens with one attached hydrogen (secondary N) is 1. The molecule has 2 amide bonds. The first-order valence-electron chi connectivity index (χ1n) is 9.70. The van der Waals surface area contributed by atoms with E-state index in [1.165, 1.54) is 18.5 Å². The van der Waals surface area contributed by atoms with Crippen molar-refractivity contribution < 1.29 is 9.59 Å². The van der Waals surface area contributed by atoms with Gasteiger partial charge in [-0.3, -0.25) is 14.5 Å². The molecule has 1 aromatic carbocycles. The molecular weight excluding hydrogens is 328 g/mol. The Labute approximate surface area is 156 Å². The molecule has 2 saturated heterocycles. The van der Waals surface area contributed by atoms with Crippen molar-refractivity contribution >= 4 is 23.7 Å². The lowest BCUT2D eigenvalue weighted by Crippen LogP contribution is -2.46. The van der Waals surface area contributed by atoms with Gasteiger partial charge in [-0.25, -0.2) is 0 Å². The number of anilines is 2. The number of hydrogen-bond donors (Lipinski definition) is 1. The van der Waals surface area contributed by atoms with Crippen molar-refractivity contribution in [3.63, 3.8) is 0 Å². The Morgan fingerprint density at radius 2 is 1.73 bits per heavy atom. The summed E-state index contributed by atoms with van der Waals surface area (Å²) in [5.74, 6) is 0.869. The first-order valence-corrected chi connectivity index (χ1v) is 9.70. The van der Waals surface area contributed by atoms with E-state index in [1.807, 2.05) is 12.1 Å². The van der Waals surface area contributed by atoms with Crippen LogP contribution in [0.1, 0.15) is 26.2 Å². The molecule has 0 aromatic heterocycles. The minimum Gasteiger partial charge on any atom is -0.372 e. The van der Waals surface area contributed by atoms with Gasteiger partial charge in [0, 0.05) is 63.6 Å². The van der Waals surface area contributed by atoms with Crippen LogP contribution in [0.25, 0.3) is 0 Å². The Morgan fingerprint density at radius 1 is 1.08 bits per heavy atom. The first-order chi connectivity index (χ1) is 12.6. The lowest BCUT2D eigenvalue weighted by Gasteiger charge is -2.32. The molecule has 0 spiro atoms. The monoisotopic (exact) mass is 358 g/mol. The fraction of sp³-hybridized carbons (Fsp3) is 0.600. The summed E-state index contributed by atoms with van der Waals surface area (Å²) in [6.07, 6.45) is 3.88. The van der Waals surface area contributed by atoms with Gasteiger partial charge < -0.3 is 15.1 Å². The van der Waals surface area contributed by atoms with E-state index in [1.54, 1.807) is 4.90 Å². The molecule has 2 heterocycles. The Kier molecular flexibility index (Phi) is 6.50. The topological polar surface area (TPSA) is 55.9 Å². The molecule has 0 bridgehead atoms. The van der Waals surface area contributed by atoms with Gasteiger partial charge in [0.15, 0.2) is 0 Å². The van der Waals surface area contributed by atoms with Crippen LogP contribution in [0.3, 0.4) is 0 Å². The summed E-state index contributed by atoms with van der Waals surface area (Å²) in [7, 11) is 0. The van der Waals surface area contributed by atoms with E-state index in [4.69, 9.17) is 0 Å². The number of piperidine rings is 1. The largest absolute Gasteiger partial charge is 0.372 e. The van der Waals surface area contributed by atoms with Crippen LogP contribution in [0.2, 0.25) is 0 Å². The maximum Gasteiger partial charge on any atom is 0.225 e. The van der Waals surface area contributed by atoms with Crippen LogP contribution >= 0.6 is 0 Å². The number of carbonyl (C=O) groups is 2. The van der Waals surface area contributed by atoms with Gasteiger partial charge >= 0.3 is 0 Å². The SMILES string of the molecule is CC1CCN(c2ccc(NC(=O)CCN3CCN(C=O)CC3)cc2)CC1. The second-order valence-corrected chi connectivity index (χ2v) is 7.50. The summed E-state index contributed by atoms with van der Waals surface area (Å²) in [6.45, 7) is 8.48. The second-order valence-electron chi connectivity index (χ2n) is 7.50. The van der Waals surface area contributed by atoms with Crippen molar-refractivity contribution in [3.05, 3.63) is 24.3 Å². The summed E-state index contributed by atoms with van der Waals surface area (Å²) < 4.78 is 0. The zero-order valence-corrected chi connectivity index (χ0v) is 15.7. The minimum atomic E-state index is 0.0439. The maximum absolute atomic E-state index is 12.2. The van der Waals surface area contributed by atoms with Gasteiger partial charge in [0.25, 0.3) is 0 Å². The zero-order chi connectivity index (χ0) is 18.4. The summed E-state index contributed by atoms with van der Waals surface area (Å²) in [6, 6.07) is 8.19. The van der Waals surface area contributed by atoms with Crippen LogP contribution < -0.4 is 10.2 Å². The van der Waals surface area contributed by atoms with Crippen LogP contribution in [0, 0.1) is 5.92 Å². The lowest BCUT2D eigenvalue weighted by atomic mass is 9.99. The van der Waals surface area contributed by atoms with Crippen LogP contribution in [0.5, 0.6) is 0 Å². The van der Waals surface area contributed by atoms with Crippen molar-refractivity contribution in [2.75, 3.05) is 56.0 Å². The van der Waals surface area contributed by atoms with Crippen LogP contribution in [0.15, 0.2) is 24.3 Å². The molecule has 142 valence electrons. The fourth-order valence-electron chi connectivity index (χ4n) is 3.60. The predicted molar refractivity (Wildman–Crippen MR) is 104 cm³/mol. The number of nitrogens with zero attached hydrogens (tertiary/aromatic N) is 3. The molecular formula is C20H30N4O2. The van der Waals surface area contributed by atoms with Crippen LogP contribution in [-0.4, -0.2) is 67.9 Å². The minimum absolute atomic E-state index is 0.0439. The van der Waals surface area contributed by atoms with Crippen molar-refractivity contribution in [1.29, 1.82) is 0 Å². The van der Waals surface area contributed by atoms with Gasteiger partial charge in [0.05, 0.1) is 0 Å². The predicted octanol–water partition coefficient (Wildman–Crippen LogP) is 2.03. The molecule has 0 unspecified atom stereocenters. The highest BCUT2D eigenvalue weighted by Crippen LogP contribution is 2.24. The molecule has 6 nitrogen and oxygen atoms in total. The average Bonchev–Trinajstić information content (AvgIpc) is 2.68. The van der Waals surface area contributed by atoms with E-state index in [-0.39, 0.29) is 5.91 Å². The Hall–Kier alpha value is -2.08. The van der Waals surface area contributed by atoms with E-state index in [0.29, 0.717) is 6.42 Å². The molecule has 0 saturated carbocycles. The summed E-state index contributed by atoms with van der Waals surface area (Å²) >= 11 is 0. The van der Waals surface area contributed by atoms with Gasteiger partial charge in [-0.15, -0.1) is 0 Å². The first kappa shape index (κ1) is 18.7. The molecule has 1 N–H and O–H groups in total. The number of hydrogen-bond acceptors (Lipinski definition) is 4. The van der Waals surface area contributed by atoms with E-state index in [9.17, 15) is 9.59 Å². The molecule has 2 aliphatic rings. The molecule has 26 heavy (non-hydrogen) atoms. The molecule has 0 atom stereocenters. The third-order valence-electron chi connectivity index (χ3n) is 5.51. The van der Waals surface area contributed by atoms with Crippen molar-refractivity contribution in [2.45, 2.75) is 26.2 Å². The van der Waals surface area contributed by atoms with Gasteiger partial charge in [0.2, 0.25) is 12.3 Å². The number of carbonyl (C=O) groups excluding carboxylic acids is 2. The standard InChI is InChI=1S/C20H30N4O2/c1-17-6-10-24(11-7-17)19-4-2-18(3-5-19)21-20(26)8-9-22-12-14-23(16-25)15-13-22/h2-5,16-17H,6-15H2,1H3,(H,21,26). The van der Waals surface area contributed by atoms with Crippen molar-refractivity contribution in [3.8, 4) is 0 Å². The van der Waals surface area contributed by atoms with Crippen LogP contribution in [-0.2, 0) is 9.59 Å². The van der Waals surface area contributed by atoms with E-state index in [2.05, 4.69) is 34.2 Å². The van der Waals surface area contributed by atoms with E-state index < -0.39 is 0 Å². The molecule has 0 aliphatic carbocycles. The fourth-order valence-corrected chi connectivity index (χ4v) is 3.60. The smallest absolute Gasteiger partial charge is 0.225 e. The van der Waals surface area contributed by atoms with E-state index in [0.717, 1.165) is 63.8 Å². The van der Waals surface area contributed by atoms with Gasteiger partial charge in [0.1, 0.15) is 0 Å². The van der Waals surface area contributed by atoms with Crippen LogP contribution in [0.4, 0.5) is 11.4 Å². The molecule has 0 radical (unpaired) electrons. The Balaban J connectivity index is 1.41. The zero-order valence-electron chi connectivity index (χ0n) is 15.7.